The Labute approximate surface area is 147 Å². The van der Waals surface area contributed by atoms with Crippen LogP contribution in [-0.2, 0) is 9.59 Å². The van der Waals surface area contributed by atoms with E-state index >= 15 is 0 Å². The summed E-state index contributed by atoms with van der Waals surface area (Å²) in [7, 11) is 1.62. The Bertz CT molecular complexity index is 728. The second kappa shape index (κ2) is 5.43. The average molecular weight is 422 g/mol. The summed E-state index contributed by atoms with van der Waals surface area (Å²) >= 11 is 2.17. The van der Waals surface area contributed by atoms with Crippen LogP contribution >= 0.6 is 22.6 Å². The summed E-state index contributed by atoms with van der Waals surface area (Å²) in [6.07, 6.45) is 6.65. The number of hydrogen-bond acceptors (Lipinski definition) is 4. The summed E-state index contributed by atoms with van der Waals surface area (Å²) in [6.45, 7) is 0. The van der Waals surface area contributed by atoms with E-state index in [4.69, 9.17) is 4.74 Å². The fourth-order valence-electron chi connectivity index (χ4n) is 3.89. The Kier molecular flexibility index (Phi) is 3.51. The summed E-state index contributed by atoms with van der Waals surface area (Å²) in [5.74, 6) is 0.490. The predicted molar refractivity (Wildman–Crippen MR) is 92.9 cm³/mol. The third-order valence-corrected chi connectivity index (χ3v) is 5.79. The van der Waals surface area contributed by atoms with Crippen LogP contribution in [0.15, 0.2) is 35.5 Å². The van der Waals surface area contributed by atoms with Gasteiger partial charge in [0.05, 0.1) is 28.7 Å². The first kappa shape index (κ1) is 14.9. The van der Waals surface area contributed by atoms with Crippen LogP contribution in [0, 0.1) is 27.2 Å². The van der Waals surface area contributed by atoms with Gasteiger partial charge in [-0.2, -0.15) is 10.1 Å². The molecule has 2 fully saturated rings. The number of hydrazone groups is 1. The van der Waals surface area contributed by atoms with E-state index in [2.05, 4.69) is 39.8 Å². The lowest BCUT2D eigenvalue weighted by atomic mass is 9.85. The lowest BCUT2D eigenvalue weighted by Gasteiger charge is -2.13. The summed E-state index contributed by atoms with van der Waals surface area (Å²) in [6, 6.07) is 5.59. The van der Waals surface area contributed by atoms with Crippen LogP contribution in [-0.4, -0.2) is 30.1 Å². The SMILES string of the molecule is COc1ccc(C=NN2C(=O)C3C4C=CC(C4)C3C2=O)cc1I. The number of carbonyl (C=O) groups is 2. The third kappa shape index (κ3) is 2.22. The van der Waals surface area contributed by atoms with E-state index in [0.29, 0.717) is 0 Å². The van der Waals surface area contributed by atoms with E-state index in [9.17, 15) is 9.59 Å². The van der Waals surface area contributed by atoms with E-state index in [1.807, 2.05) is 18.2 Å². The van der Waals surface area contributed by atoms with E-state index in [1.54, 1.807) is 13.3 Å². The zero-order valence-electron chi connectivity index (χ0n) is 12.5. The van der Waals surface area contributed by atoms with Crippen LogP contribution in [0.5, 0.6) is 5.75 Å². The van der Waals surface area contributed by atoms with Gasteiger partial charge in [-0.1, -0.05) is 12.2 Å². The molecule has 0 aromatic heterocycles. The van der Waals surface area contributed by atoms with Crippen molar-refractivity contribution in [1.82, 2.24) is 5.01 Å². The van der Waals surface area contributed by atoms with Gasteiger partial charge in [0.1, 0.15) is 5.75 Å². The quantitative estimate of drug-likeness (QED) is 0.326. The lowest BCUT2D eigenvalue weighted by Crippen LogP contribution is -2.28. The second-order valence-electron chi connectivity index (χ2n) is 6.13. The highest BCUT2D eigenvalue weighted by Crippen LogP contribution is 2.52. The molecule has 5 nitrogen and oxygen atoms in total. The van der Waals surface area contributed by atoms with Gasteiger partial charge in [-0.05, 0) is 64.6 Å². The number of rotatable bonds is 3. The highest BCUT2D eigenvalue weighted by Gasteiger charge is 2.59. The fourth-order valence-corrected chi connectivity index (χ4v) is 4.65. The summed E-state index contributed by atoms with van der Waals surface area (Å²) in [5.41, 5.74) is 0.828. The van der Waals surface area contributed by atoms with Crippen LogP contribution in [0.3, 0.4) is 0 Å². The number of ether oxygens (including phenoxy) is 1. The number of carbonyl (C=O) groups excluding carboxylic acids is 2. The molecule has 1 aromatic rings. The Morgan fingerprint density at radius 3 is 2.43 bits per heavy atom. The molecule has 4 unspecified atom stereocenters. The summed E-state index contributed by atoms with van der Waals surface area (Å²) < 4.78 is 6.17. The van der Waals surface area contributed by atoms with Gasteiger partial charge >= 0.3 is 0 Å². The number of allylic oxidation sites excluding steroid dienone is 2. The van der Waals surface area contributed by atoms with Gasteiger partial charge in [-0.3, -0.25) is 9.59 Å². The number of halogens is 1. The molecule has 2 amide bonds. The molecule has 1 saturated carbocycles. The molecule has 2 bridgehead atoms. The molecule has 1 aliphatic heterocycles. The second-order valence-corrected chi connectivity index (χ2v) is 7.29. The van der Waals surface area contributed by atoms with Crippen molar-refractivity contribution in [1.29, 1.82) is 0 Å². The zero-order valence-corrected chi connectivity index (χ0v) is 14.6. The van der Waals surface area contributed by atoms with Gasteiger partial charge < -0.3 is 4.74 Å². The predicted octanol–water partition coefficient (Wildman–Crippen LogP) is 2.44. The van der Waals surface area contributed by atoms with Gasteiger partial charge in [0.15, 0.2) is 0 Å². The minimum Gasteiger partial charge on any atom is -0.496 e. The van der Waals surface area contributed by atoms with Gasteiger partial charge in [0.25, 0.3) is 11.8 Å². The molecule has 1 saturated heterocycles. The maximum atomic E-state index is 12.5. The molecule has 1 aromatic carbocycles. The normalized spacial score (nSPS) is 31.5. The molecule has 2 aliphatic carbocycles. The van der Waals surface area contributed by atoms with Gasteiger partial charge in [0, 0.05) is 0 Å². The Balaban J connectivity index is 1.57. The third-order valence-electron chi connectivity index (χ3n) is 4.95. The Morgan fingerprint density at radius 1 is 1.22 bits per heavy atom. The van der Waals surface area contributed by atoms with E-state index in [1.165, 1.54) is 0 Å². The van der Waals surface area contributed by atoms with Gasteiger partial charge in [-0.15, -0.1) is 0 Å². The highest BCUT2D eigenvalue weighted by molar-refractivity contribution is 14.1. The van der Waals surface area contributed by atoms with Gasteiger partial charge in [-0.25, -0.2) is 0 Å². The Morgan fingerprint density at radius 2 is 1.87 bits per heavy atom. The maximum absolute atomic E-state index is 12.5. The Hall–Kier alpha value is -1.70. The largest absolute Gasteiger partial charge is 0.496 e. The molecule has 23 heavy (non-hydrogen) atoms. The monoisotopic (exact) mass is 422 g/mol. The van der Waals surface area contributed by atoms with Crippen molar-refractivity contribution in [2.24, 2.45) is 28.8 Å². The number of fused-ring (bicyclic) bond motifs is 5. The average Bonchev–Trinajstić information content (AvgIpc) is 3.21. The van der Waals surface area contributed by atoms with E-state index < -0.39 is 0 Å². The first-order valence-electron chi connectivity index (χ1n) is 7.54. The maximum Gasteiger partial charge on any atom is 0.254 e. The van der Waals surface area contributed by atoms with Crippen LogP contribution in [0.2, 0.25) is 0 Å². The number of methoxy groups -OCH3 is 1. The molecular weight excluding hydrogens is 407 g/mol. The minimum absolute atomic E-state index is 0.156. The molecule has 1 heterocycles. The summed E-state index contributed by atoms with van der Waals surface area (Å²) in [5, 5.41) is 5.24. The molecule has 118 valence electrons. The molecule has 4 rings (SSSR count). The number of hydrogen-bond donors (Lipinski definition) is 0. The van der Waals surface area contributed by atoms with Crippen molar-refractivity contribution in [2.45, 2.75) is 6.42 Å². The molecule has 0 spiro atoms. The number of nitrogens with zero attached hydrogens (tertiary/aromatic N) is 2. The number of imide groups is 1. The zero-order chi connectivity index (χ0) is 16.1. The molecule has 4 atom stereocenters. The van der Waals surface area contributed by atoms with Crippen LogP contribution in [0.1, 0.15) is 12.0 Å². The van der Waals surface area contributed by atoms with Crippen molar-refractivity contribution < 1.29 is 14.3 Å². The topological polar surface area (TPSA) is 59.0 Å². The van der Waals surface area contributed by atoms with E-state index in [-0.39, 0.29) is 35.5 Å². The molecule has 6 heteroatoms. The lowest BCUT2D eigenvalue weighted by molar-refractivity contribution is -0.140. The van der Waals surface area contributed by atoms with Crippen LogP contribution < -0.4 is 4.74 Å². The van der Waals surface area contributed by atoms with Gasteiger partial charge in [0.2, 0.25) is 0 Å². The van der Waals surface area contributed by atoms with E-state index in [0.717, 1.165) is 26.3 Å². The van der Waals surface area contributed by atoms with Crippen LogP contribution in [0.25, 0.3) is 0 Å². The van der Waals surface area contributed by atoms with Crippen molar-refractivity contribution >= 4 is 40.6 Å². The molecule has 0 radical (unpaired) electrons. The van der Waals surface area contributed by atoms with Crippen molar-refractivity contribution in [3.63, 3.8) is 0 Å². The fraction of sp³-hybridized carbons (Fsp3) is 0.353. The standard InChI is InChI=1S/C17H15IN2O3/c1-23-13-5-2-9(6-12(13)18)8-19-20-16(21)14-10-3-4-11(7-10)15(14)17(20)22/h2-6,8,10-11,14-15H,7H2,1H3. The first-order chi connectivity index (χ1) is 11.1. The van der Waals surface area contributed by atoms with Crippen LogP contribution in [0.4, 0.5) is 0 Å². The van der Waals surface area contributed by atoms with Crippen molar-refractivity contribution in [3.8, 4) is 5.75 Å². The van der Waals surface area contributed by atoms with Crippen molar-refractivity contribution in [2.75, 3.05) is 7.11 Å². The number of benzene rings is 1. The summed E-state index contributed by atoms with van der Waals surface area (Å²) in [4.78, 5) is 25.0. The highest BCUT2D eigenvalue weighted by atomic mass is 127. The smallest absolute Gasteiger partial charge is 0.254 e. The number of amides is 2. The molecular formula is C17H15IN2O3. The molecule has 3 aliphatic rings. The first-order valence-corrected chi connectivity index (χ1v) is 8.61. The minimum atomic E-state index is -0.203. The molecule has 0 N–H and O–H groups in total. The van der Waals surface area contributed by atoms with Crippen molar-refractivity contribution in [3.05, 3.63) is 39.5 Å².